The predicted octanol–water partition coefficient (Wildman–Crippen LogP) is 2.89. The fourth-order valence-corrected chi connectivity index (χ4v) is 3.43. The van der Waals surface area contributed by atoms with Crippen molar-refractivity contribution in [3.63, 3.8) is 0 Å². The summed E-state index contributed by atoms with van der Waals surface area (Å²) in [5, 5.41) is 0.0871. The van der Waals surface area contributed by atoms with E-state index in [1.807, 2.05) is 0 Å². The molecule has 2 rings (SSSR count). The fourth-order valence-electron chi connectivity index (χ4n) is 1.60. The maximum Gasteiger partial charge on any atom is 0.263 e. The Bertz CT molecular complexity index is 790. The summed E-state index contributed by atoms with van der Waals surface area (Å²) >= 11 is 11.7. The summed E-state index contributed by atoms with van der Waals surface area (Å²) in [6.45, 7) is 0. The van der Waals surface area contributed by atoms with Crippen molar-refractivity contribution in [2.75, 3.05) is 4.72 Å². The van der Waals surface area contributed by atoms with Gasteiger partial charge in [0.1, 0.15) is 4.90 Å². The lowest BCUT2D eigenvalue weighted by Crippen LogP contribution is -2.14. The molecule has 0 aliphatic rings. The van der Waals surface area contributed by atoms with E-state index in [1.165, 1.54) is 42.5 Å². The number of carbonyl (C=O) groups excluding carboxylic acids is 1. The fraction of sp³-hybridized carbons (Fsp3) is 0. The van der Waals surface area contributed by atoms with E-state index >= 15 is 0 Å². The summed E-state index contributed by atoms with van der Waals surface area (Å²) in [6, 6.07) is 10.0. The van der Waals surface area contributed by atoms with Crippen molar-refractivity contribution >= 4 is 44.8 Å². The molecule has 0 atom stereocenters. The van der Waals surface area contributed by atoms with Crippen LogP contribution in [0.2, 0.25) is 10.0 Å². The Morgan fingerprint density at radius 1 is 1.05 bits per heavy atom. The Kier molecular flexibility index (Phi) is 4.41. The molecule has 0 saturated heterocycles. The van der Waals surface area contributed by atoms with Crippen LogP contribution in [0.4, 0.5) is 5.69 Å². The monoisotopic (exact) mass is 344 g/mol. The van der Waals surface area contributed by atoms with Crippen LogP contribution >= 0.6 is 23.2 Å². The van der Waals surface area contributed by atoms with Gasteiger partial charge in [0, 0.05) is 11.3 Å². The number of primary amides is 1. The molecule has 8 heteroatoms. The number of nitrogens with one attached hydrogen (secondary N) is 1. The first kappa shape index (κ1) is 15.6. The molecule has 0 aliphatic heterocycles. The highest BCUT2D eigenvalue weighted by atomic mass is 35.5. The zero-order chi connectivity index (χ0) is 15.6. The molecule has 2 aromatic rings. The predicted molar refractivity (Wildman–Crippen MR) is 82.2 cm³/mol. The number of sulfonamides is 1. The number of anilines is 1. The Hall–Kier alpha value is -1.76. The van der Waals surface area contributed by atoms with Gasteiger partial charge in [-0.3, -0.25) is 9.52 Å². The summed E-state index contributed by atoms with van der Waals surface area (Å²) in [5.41, 5.74) is 5.66. The summed E-state index contributed by atoms with van der Waals surface area (Å²) in [7, 11) is -3.88. The summed E-state index contributed by atoms with van der Waals surface area (Å²) in [4.78, 5) is 10.8. The molecule has 0 spiro atoms. The van der Waals surface area contributed by atoms with Gasteiger partial charge in [-0.15, -0.1) is 0 Å². The van der Waals surface area contributed by atoms with Crippen LogP contribution in [0.5, 0.6) is 0 Å². The van der Waals surface area contributed by atoms with E-state index in [1.54, 1.807) is 0 Å². The van der Waals surface area contributed by atoms with Gasteiger partial charge < -0.3 is 5.73 Å². The molecule has 3 N–H and O–H groups in total. The van der Waals surface area contributed by atoms with Crippen molar-refractivity contribution in [2.24, 2.45) is 5.73 Å². The number of carbonyl (C=O) groups is 1. The SMILES string of the molecule is NC(=O)c1ccc(NS(=O)(=O)c2cccc(Cl)c2Cl)cc1. The molecule has 0 aliphatic carbocycles. The highest BCUT2D eigenvalue weighted by Crippen LogP contribution is 2.30. The zero-order valence-electron chi connectivity index (χ0n) is 10.5. The quantitative estimate of drug-likeness (QED) is 0.893. The summed E-state index contributed by atoms with van der Waals surface area (Å²) in [5.74, 6) is -0.595. The lowest BCUT2D eigenvalue weighted by molar-refractivity contribution is 0.100. The molecule has 2 aromatic carbocycles. The minimum atomic E-state index is -3.88. The molecule has 0 saturated carbocycles. The minimum Gasteiger partial charge on any atom is -0.366 e. The number of benzene rings is 2. The lowest BCUT2D eigenvalue weighted by atomic mass is 10.2. The van der Waals surface area contributed by atoms with Gasteiger partial charge in [-0.25, -0.2) is 8.42 Å². The molecular weight excluding hydrogens is 335 g/mol. The Morgan fingerprint density at radius 2 is 1.67 bits per heavy atom. The van der Waals surface area contributed by atoms with E-state index in [4.69, 9.17) is 28.9 Å². The zero-order valence-corrected chi connectivity index (χ0v) is 12.8. The normalized spacial score (nSPS) is 11.1. The second-order valence-electron chi connectivity index (χ2n) is 4.10. The molecule has 0 fully saturated rings. The van der Waals surface area contributed by atoms with E-state index in [0.29, 0.717) is 0 Å². The number of hydrogen-bond donors (Lipinski definition) is 2. The van der Waals surface area contributed by atoms with Crippen molar-refractivity contribution in [2.45, 2.75) is 4.90 Å². The van der Waals surface area contributed by atoms with Crippen molar-refractivity contribution in [1.82, 2.24) is 0 Å². The second-order valence-corrected chi connectivity index (χ2v) is 6.54. The molecule has 0 unspecified atom stereocenters. The second kappa shape index (κ2) is 5.93. The maximum atomic E-state index is 12.2. The summed E-state index contributed by atoms with van der Waals surface area (Å²) in [6.07, 6.45) is 0. The van der Waals surface area contributed by atoms with Crippen LogP contribution in [0.1, 0.15) is 10.4 Å². The average molecular weight is 345 g/mol. The van der Waals surface area contributed by atoms with Gasteiger partial charge in [0.2, 0.25) is 5.91 Å². The van der Waals surface area contributed by atoms with Crippen molar-refractivity contribution in [3.05, 3.63) is 58.1 Å². The molecule has 0 aromatic heterocycles. The Labute approximate surface area is 131 Å². The van der Waals surface area contributed by atoms with Gasteiger partial charge in [0.25, 0.3) is 10.0 Å². The van der Waals surface area contributed by atoms with Crippen molar-refractivity contribution in [3.8, 4) is 0 Å². The van der Waals surface area contributed by atoms with Crippen LogP contribution in [0.25, 0.3) is 0 Å². The average Bonchev–Trinajstić information content (AvgIpc) is 2.41. The minimum absolute atomic E-state index is 0.0552. The van der Waals surface area contributed by atoms with E-state index in [2.05, 4.69) is 4.72 Å². The van der Waals surface area contributed by atoms with Crippen LogP contribution in [0, 0.1) is 0 Å². The first-order valence-corrected chi connectivity index (χ1v) is 7.92. The highest BCUT2D eigenvalue weighted by Gasteiger charge is 2.19. The van der Waals surface area contributed by atoms with Gasteiger partial charge in [-0.1, -0.05) is 29.3 Å². The molecule has 0 radical (unpaired) electrons. The maximum absolute atomic E-state index is 12.2. The standard InChI is InChI=1S/C13H10Cl2N2O3S/c14-10-2-1-3-11(12(10)15)21(19,20)17-9-6-4-8(5-7-9)13(16)18/h1-7,17H,(H2,16,18). The molecule has 1 amide bonds. The van der Waals surface area contributed by atoms with E-state index in [-0.39, 0.29) is 26.2 Å². The molecule has 110 valence electrons. The number of halogens is 2. The van der Waals surface area contributed by atoms with Gasteiger partial charge in [-0.05, 0) is 36.4 Å². The largest absolute Gasteiger partial charge is 0.366 e. The van der Waals surface area contributed by atoms with E-state index < -0.39 is 15.9 Å². The molecule has 5 nitrogen and oxygen atoms in total. The third-order valence-electron chi connectivity index (χ3n) is 2.63. The molecule has 0 heterocycles. The van der Waals surface area contributed by atoms with Gasteiger partial charge in [0.15, 0.2) is 0 Å². The third kappa shape index (κ3) is 3.47. The topological polar surface area (TPSA) is 89.3 Å². The lowest BCUT2D eigenvalue weighted by Gasteiger charge is -2.10. The van der Waals surface area contributed by atoms with E-state index in [0.717, 1.165) is 0 Å². The van der Waals surface area contributed by atoms with Crippen LogP contribution in [-0.2, 0) is 10.0 Å². The van der Waals surface area contributed by atoms with Crippen LogP contribution in [0.15, 0.2) is 47.4 Å². The van der Waals surface area contributed by atoms with Crippen LogP contribution in [-0.4, -0.2) is 14.3 Å². The highest BCUT2D eigenvalue weighted by molar-refractivity contribution is 7.92. The first-order valence-electron chi connectivity index (χ1n) is 5.68. The number of rotatable bonds is 4. The van der Waals surface area contributed by atoms with E-state index in [9.17, 15) is 13.2 Å². The van der Waals surface area contributed by atoms with Gasteiger partial charge in [-0.2, -0.15) is 0 Å². The van der Waals surface area contributed by atoms with Gasteiger partial charge in [0.05, 0.1) is 10.0 Å². The number of hydrogen-bond acceptors (Lipinski definition) is 3. The summed E-state index contributed by atoms with van der Waals surface area (Å²) < 4.78 is 26.8. The Morgan fingerprint density at radius 3 is 2.24 bits per heavy atom. The first-order chi connectivity index (χ1) is 9.81. The number of amides is 1. The number of nitrogens with two attached hydrogens (primary N) is 1. The van der Waals surface area contributed by atoms with Gasteiger partial charge >= 0.3 is 0 Å². The van der Waals surface area contributed by atoms with Crippen molar-refractivity contribution in [1.29, 1.82) is 0 Å². The van der Waals surface area contributed by atoms with Crippen LogP contribution < -0.4 is 10.5 Å². The van der Waals surface area contributed by atoms with Crippen molar-refractivity contribution < 1.29 is 13.2 Å². The molecular formula is C13H10Cl2N2O3S. The van der Waals surface area contributed by atoms with Crippen LogP contribution in [0.3, 0.4) is 0 Å². The molecule has 21 heavy (non-hydrogen) atoms. The smallest absolute Gasteiger partial charge is 0.263 e. The molecule has 0 bridgehead atoms. The third-order valence-corrected chi connectivity index (χ3v) is 4.98. The Balaban J connectivity index is 2.33.